The minimum Gasteiger partial charge on any atom is -0.358 e. The predicted octanol–water partition coefficient (Wildman–Crippen LogP) is 4.15. The molecular formula is C16H18N2S. The molecule has 1 aliphatic heterocycles. The van der Waals surface area contributed by atoms with Crippen LogP contribution in [0.4, 0.5) is 0 Å². The topological polar surface area (TPSA) is 19.0 Å². The molecule has 0 atom stereocenters. The number of hydrogen-bond donors (Lipinski definition) is 1. The number of nitrogens with zero attached hydrogens (tertiary/aromatic N) is 1. The van der Waals surface area contributed by atoms with E-state index in [-0.39, 0.29) is 0 Å². The number of thiophene rings is 1. The van der Waals surface area contributed by atoms with Gasteiger partial charge < -0.3 is 4.98 Å². The van der Waals surface area contributed by atoms with Gasteiger partial charge in [-0.25, -0.2) is 0 Å². The van der Waals surface area contributed by atoms with Crippen molar-refractivity contribution >= 4 is 32.3 Å². The minimum absolute atomic E-state index is 0.625. The Balaban J connectivity index is 1.98. The molecule has 0 radical (unpaired) electrons. The number of hydrogen-bond acceptors (Lipinski definition) is 2. The van der Waals surface area contributed by atoms with E-state index >= 15 is 0 Å². The van der Waals surface area contributed by atoms with Crippen molar-refractivity contribution < 1.29 is 0 Å². The van der Waals surface area contributed by atoms with Crippen molar-refractivity contribution in [3.63, 3.8) is 0 Å². The fourth-order valence-electron chi connectivity index (χ4n) is 3.23. The summed E-state index contributed by atoms with van der Waals surface area (Å²) in [6, 6.07) is 7.38. The van der Waals surface area contributed by atoms with E-state index in [2.05, 4.69) is 47.3 Å². The lowest BCUT2D eigenvalue weighted by atomic mass is 10.0. The van der Waals surface area contributed by atoms with E-state index in [4.69, 9.17) is 0 Å². The fraction of sp³-hybridized carbons (Fsp3) is 0.375. The summed E-state index contributed by atoms with van der Waals surface area (Å²) in [6.07, 6.45) is 1.15. The van der Waals surface area contributed by atoms with Gasteiger partial charge in [-0.1, -0.05) is 0 Å². The summed E-state index contributed by atoms with van der Waals surface area (Å²) in [4.78, 5) is 6.21. The fourth-order valence-corrected chi connectivity index (χ4v) is 4.02. The maximum absolute atomic E-state index is 3.64. The molecule has 1 N–H and O–H groups in total. The van der Waals surface area contributed by atoms with Gasteiger partial charge in [-0.3, -0.25) is 4.90 Å². The molecule has 0 saturated carbocycles. The van der Waals surface area contributed by atoms with Crippen LogP contribution in [0.2, 0.25) is 0 Å². The van der Waals surface area contributed by atoms with E-state index in [1.54, 1.807) is 0 Å². The molecule has 0 aliphatic carbocycles. The van der Waals surface area contributed by atoms with Crippen molar-refractivity contribution in [1.29, 1.82) is 0 Å². The summed E-state index contributed by atoms with van der Waals surface area (Å²) in [5.74, 6) is 0. The lowest BCUT2D eigenvalue weighted by Crippen LogP contribution is -2.35. The highest BCUT2D eigenvalue weighted by atomic mass is 32.1. The highest BCUT2D eigenvalue weighted by Gasteiger charge is 2.23. The van der Waals surface area contributed by atoms with Crippen molar-refractivity contribution in [2.45, 2.75) is 32.9 Å². The van der Waals surface area contributed by atoms with Gasteiger partial charge in [0.1, 0.15) is 0 Å². The van der Waals surface area contributed by atoms with Crippen LogP contribution in [0.1, 0.15) is 25.1 Å². The first-order valence-electron chi connectivity index (χ1n) is 6.97. The first-order chi connectivity index (χ1) is 9.24. The van der Waals surface area contributed by atoms with Crippen molar-refractivity contribution in [1.82, 2.24) is 9.88 Å². The standard InChI is InChI=1S/C16H18N2S/c1-10(2)18-7-5-13-12(9-18)16-11-6-8-19-15(11)4-3-14(16)17-13/h3-4,6,8,10,17H,5,7,9H2,1-2H3. The maximum atomic E-state index is 3.64. The molecule has 0 amide bonds. The van der Waals surface area contributed by atoms with Gasteiger partial charge in [0.05, 0.1) is 0 Å². The Morgan fingerprint density at radius 3 is 3.00 bits per heavy atom. The number of benzene rings is 1. The summed E-state index contributed by atoms with van der Waals surface area (Å²) in [5.41, 5.74) is 4.28. The molecule has 4 rings (SSSR count). The molecule has 2 aromatic heterocycles. The van der Waals surface area contributed by atoms with Crippen LogP contribution in [-0.4, -0.2) is 22.5 Å². The van der Waals surface area contributed by atoms with Gasteiger partial charge >= 0.3 is 0 Å². The third-order valence-corrected chi connectivity index (χ3v) is 5.21. The third-order valence-electron chi connectivity index (χ3n) is 4.33. The van der Waals surface area contributed by atoms with Gasteiger partial charge in [0.15, 0.2) is 0 Å². The second-order valence-electron chi connectivity index (χ2n) is 5.72. The second-order valence-corrected chi connectivity index (χ2v) is 6.66. The Kier molecular flexibility index (Phi) is 2.47. The Hall–Kier alpha value is -1.32. The van der Waals surface area contributed by atoms with Crippen LogP contribution in [0.25, 0.3) is 21.0 Å². The number of aromatic nitrogens is 1. The number of nitrogens with one attached hydrogen (secondary N) is 1. The van der Waals surface area contributed by atoms with Crippen LogP contribution in [0.5, 0.6) is 0 Å². The Morgan fingerprint density at radius 2 is 2.16 bits per heavy atom. The monoisotopic (exact) mass is 270 g/mol. The van der Waals surface area contributed by atoms with Crippen LogP contribution < -0.4 is 0 Å². The molecule has 3 heteroatoms. The molecule has 0 unspecified atom stereocenters. The van der Waals surface area contributed by atoms with Crippen molar-refractivity contribution in [3.05, 3.63) is 34.8 Å². The number of aromatic amines is 1. The molecule has 98 valence electrons. The molecule has 19 heavy (non-hydrogen) atoms. The van der Waals surface area contributed by atoms with E-state index in [0.29, 0.717) is 6.04 Å². The van der Waals surface area contributed by atoms with E-state index in [9.17, 15) is 0 Å². The van der Waals surface area contributed by atoms with Crippen LogP contribution in [0, 0.1) is 0 Å². The zero-order chi connectivity index (χ0) is 13.0. The molecule has 3 heterocycles. The summed E-state index contributed by atoms with van der Waals surface area (Å²) < 4.78 is 1.40. The smallest absolute Gasteiger partial charge is 0.0466 e. The zero-order valence-electron chi connectivity index (χ0n) is 11.4. The Labute approximate surface area is 117 Å². The van der Waals surface area contributed by atoms with E-state index in [1.165, 1.54) is 38.8 Å². The average molecular weight is 270 g/mol. The highest BCUT2D eigenvalue weighted by Crippen LogP contribution is 2.35. The molecule has 3 aromatic rings. The quantitative estimate of drug-likeness (QED) is 0.704. The van der Waals surface area contributed by atoms with Crippen molar-refractivity contribution in [2.24, 2.45) is 0 Å². The summed E-state index contributed by atoms with van der Waals surface area (Å²) in [5, 5.41) is 5.08. The lowest BCUT2D eigenvalue weighted by molar-refractivity contribution is 0.203. The van der Waals surface area contributed by atoms with Gasteiger partial charge in [0.2, 0.25) is 0 Å². The second kappa shape index (κ2) is 4.09. The largest absolute Gasteiger partial charge is 0.358 e. The minimum atomic E-state index is 0.625. The average Bonchev–Trinajstić information content (AvgIpc) is 3.00. The van der Waals surface area contributed by atoms with E-state index < -0.39 is 0 Å². The molecule has 2 nitrogen and oxygen atoms in total. The number of rotatable bonds is 1. The third kappa shape index (κ3) is 1.65. The molecule has 0 fully saturated rings. The van der Waals surface area contributed by atoms with E-state index in [1.807, 2.05) is 11.3 Å². The molecule has 0 spiro atoms. The Morgan fingerprint density at radius 1 is 1.26 bits per heavy atom. The van der Waals surface area contributed by atoms with Gasteiger partial charge in [-0.05, 0) is 43.0 Å². The normalized spacial score (nSPS) is 16.6. The molecule has 1 aromatic carbocycles. The Bertz CT molecular complexity index is 751. The van der Waals surface area contributed by atoms with Crippen LogP contribution in [0.15, 0.2) is 23.6 Å². The molecule has 1 aliphatic rings. The summed E-state index contributed by atoms with van der Waals surface area (Å²) in [7, 11) is 0. The van der Waals surface area contributed by atoms with Gasteiger partial charge in [-0.2, -0.15) is 0 Å². The summed E-state index contributed by atoms with van der Waals surface area (Å²) >= 11 is 1.84. The zero-order valence-corrected chi connectivity index (χ0v) is 12.2. The van der Waals surface area contributed by atoms with Crippen LogP contribution in [0.3, 0.4) is 0 Å². The number of fused-ring (bicyclic) bond motifs is 5. The lowest BCUT2D eigenvalue weighted by Gasteiger charge is -2.30. The van der Waals surface area contributed by atoms with E-state index in [0.717, 1.165) is 13.0 Å². The SMILES string of the molecule is CC(C)N1CCc2[nH]c3ccc4sccc4c3c2C1. The first kappa shape index (κ1) is 11.5. The van der Waals surface area contributed by atoms with Gasteiger partial charge in [-0.15, -0.1) is 11.3 Å². The first-order valence-corrected chi connectivity index (χ1v) is 7.85. The van der Waals surface area contributed by atoms with Crippen molar-refractivity contribution in [3.8, 4) is 0 Å². The summed E-state index contributed by atoms with van der Waals surface area (Å²) in [6.45, 7) is 6.84. The van der Waals surface area contributed by atoms with Gasteiger partial charge in [0.25, 0.3) is 0 Å². The maximum Gasteiger partial charge on any atom is 0.0466 e. The highest BCUT2D eigenvalue weighted by molar-refractivity contribution is 7.17. The predicted molar refractivity (Wildman–Crippen MR) is 82.9 cm³/mol. The van der Waals surface area contributed by atoms with Gasteiger partial charge in [0, 0.05) is 52.2 Å². The molecular weight excluding hydrogens is 252 g/mol. The van der Waals surface area contributed by atoms with Crippen LogP contribution >= 0.6 is 11.3 Å². The van der Waals surface area contributed by atoms with Crippen molar-refractivity contribution in [2.75, 3.05) is 6.54 Å². The number of H-pyrrole nitrogens is 1. The molecule has 0 bridgehead atoms. The molecule has 0 saturated heterocycles. The van der Waals surface area contributed by atoms with Crippen LogP contribution in [-0.2, 0) is 13.0 Å².